The second-order valence-corrected chi connectivity index (χ2v) is 3.90. The predicted octanol–water partition coefficient (Wildman–Crippen LogP) is 0.447. The van der Waals surface area contributed by atoms with Gasteiger partial charge in [0.15, 0.2) is 0 Å². The summed E-state index contributed by atoms with van der Waals surface area (Å²) in [6.45, 7) is 8.53. The molecule has 4 heteroatoms. The van der Waals surface area contributed by atoms with E-state index in [0.717, 1.165) is 32.6 Å². The third-order valence-corrected chi connectivity index (χ3v) is 2.40. The van der Waals surface area contributed by atoms with E-state index >= 15 is 0 Å². The summed E-state index contributed by atoms with van der Waals surface area (Å²) >= 11 is 0. The maximum Gasteiger partial charge on any atom is 0.246 e. The molecule has 1 rings (SSSR count). The molecule has 15 heavy (non-hydrogen) atoms. The summed E-state index contributed by atoms with van der Waals surface area (Å²) < 4.78 is 5.33. The van der Waals surface area contributed by atoms with Crippen molar-refractivity contribution < 1.29 is 9.53 Å². The van der Waals surface area contributed by atoms with Crippen molar-refractivity contribution in [3.05, 3.63) is 12.2 Å². The molecule has 0 spiro atoms. The van der Waals surface area contributed by atoms with Crippen molar-refractivity contribution in [2.45, 2.75) is 25.8 Å². The zero-order chi connectivity index (χ0) is 11.1. The van der Waals surface area contributed by atoms with E-state index in [9.17, 15) is 4.79 Å². The average molecular weight is 212 g/mol. The number of hydrogen-bond acceptors (Lipinski definition) is 3. The van der Waals surface area contributed by atoms with Crippen LogP contribution in [0.3, 0.4) is 0 Å². The Hall–Kier alpha value is -0.870. The van der Waals surface area contributed by atoms with Gasteiger partial charge in [-0.3, -0.25) is 4.79 Å². The number of nitrogens with one attached hydrogen (secondary N) is 2. The summed E-state index contributed by atoms with van der Waals surface area (Å²) in [5.41, 5.74) is 0.564. The van der Waals surface area contributed by atoms with Crippen molar-refractivity contribution in [2.24, 2.45) is 0 Å². The fourth-order valence-electron chi connectivity index (χ4n) is 1.51. The minimum Gasteiger partial charge on any atom is -0.379 e. The summed E-state index contributed by atoms with van der Waals surface area (Å²) in [6, 6.07) is 0.445. The van der Waals surface area contributed by atoms with Gasteiger partial charge in [0.2, 0.25) is 5.91 Å². The number of carbonyl (C=O) groups is 1. The van der Waals surface area contributed by atoms with Crippen molar-refractivity contribution in [3.8, 4) is 0 Å². The minimum atomic E-state index is -0.0529. The quantitative estimate of drug-likeness (QED) is 0.514. The molecule has 1 saturated heterocycles. The third-order valence-electron chi connectivity index (χ3n) is 2.40. The van der Waals surface area contributed by atoms with Crippen LogP contribution in [-0.4, -0.2) is 38.3 Å². The van der Waals surface area contributed by atoms with Gasteiger partial charge < -0.3 is 15.4 Å². The van der Waals surface area contributed by atoms with Crippen LogP contribution in [0, 0.1) is 0 Å². The highest BCUT2D eigenvalue weighted by Gasteiger charge is 2.12. The molecule has 86 valence electrons. The molecule has 1 heterocycles. The first kappa shape index (κ1) is 12.2. The van der Waals surface area contributed by atoms with E-state index in [0.29, 0.717) is 18.2 Å². The highest BCUT2D eigenvalue weighted by atomic mass is 16.5. The molecule has 1 aliphatic heterocycles. The van der Waals surface area contributed by atoms with Crippen molar-refractivity contribution in [1.29, 1.82) is 0 Å². The van der Waals surface area contributed by atoms with Gasteiger partial charge in [-0.05, 0) is 19.8 Å². The largest absolute Gasteiger partial charge is 0.379 e. The lowest BCUT2D eigenvalue weighted by Gasteiger charge is -2.23. The van der Waals surface area contributed by atoms with E-state index in [1.54, 1.807) is 6.92 Å². The predicted molar refractivity (Wildman–Crippen MR) is 59.7 cm³/mol. The van der Waals surface area contributed by atoms with Gasteiger partial charge in [0.1, 0.15) is 0 Å². The molecule has 0 aromatic heterocycles. The van der Waals surface area contributed by atoms with Crippen LogP contribution in [0.25, 0.3) is 0 Å². The van der Waals surface area contributed by atoms with Crippen LogP contribution < -0.4 is 10.6 Å². The van der Waals surface area contributed by atoms with E-state index in [1.165, 1.54) is 0 Å². The molecule has 2 N–H and O–H groups in total. The van der Waals surface area contributed by atoms with E-state index in [2.05, 4.69) is 17.2 Å². The van der Waals surface area contributed by atoms with E-state index in [-0.39, 0.29) is 5.91 Å². The fraction of sp³-hybridized carbons (Fsp3) is 0.727. The normalized spacial score (nSPS) is 21.0. The van der Waals surface area contributed by atoms with Crippen LogP contribution in [0.1, 0.15) is 19.8 Å². The molecule has 1 aliphatic rings. The number of hydrogen-bond donors (Lipinski definition) is 2. The summed E-state index contributed by atoms with van der Waals surface area (Å²) in [7, 11) is 0. The average Bonchev–Trinajstić information content (AvgIpc) is 2.25. The first-order chi connectivity index (χ1) is 7.20. The number of ether oxygens (including phenoxy) is 1. The molecular formula is C11H20N2O2. The van der Waals surface area contributed by atoms with E-state index in [4.69, 9.17) is 4.74 Å². The Labute approximate surface area is 91.1 Å². The van der Waals surface area contributed by atoms with Crippen LogP contribution >= 0.6 is 0 Å². The number of amides is 1. The highest BCUT2D eigenvalue weighted by Crippen LogP contribution is 2.01. The Balaban J connectivity index is 2.01. The molecule has 0 radical (unpaired) electrons. The van der Waals surface area contributed by atoms with Crippen molar-refractivity contribution >= 4 is 5.91 Å². The Morgan fingerprint density at radius 1 is 1.67 bits per heavy atom. The van der Waals surface area contributed by atoms with E-state index < -0.39 is 0 Å². The number of rotatable bonds is 5. The molecule has 0 aromatic rings. The van der Waals surface area contributed by atoms with Gasteiger partial charge in [-0.15, -0.1) is 0 Å². The monoisotopic (exact) mass is 212 g/mol. The van der Waals surface area contributed by atoms with E-state index in [1.807, 2.05) is 0 Å². The molecular weight excluding hydrogens is 192 g/mol. The van der Waals surface area contributed by atoms with Gasteiger partial charge in [-0.2, -0.15) is 0 Å². The Morgan fingerprint density at radius 3 is 3.07 bits per heavy atom. The summed E-state index contributed by atoms with van der Waals surface area (Å²) in [5, 5.41) is 6.19. The second-order valence-electron chi connectivity index (χ2n) is 3.90. The fourth-order valence-corrected chi connectivity index (χ4v) is 1.51. The van der Waals surface area contributed by atoms with Gasteiger partial charge in [0.05, 0.1) is 13.2 Å². The molecule has 4 nitrogen and oxygen atoms in total. The molecule has 0 saturated carbocycles. The molecule has 1 fully saturated rings. The molecule has 0 aliphatic carbocycles. The second kappa shape index (κ2) is 6.58. The zero-order valence-corrected chi connectivity index (χ0v) is 9.34. The smallest absolute Gasteiger partial charge is 0.246 e. The topological polar surface area (TPSA) is 50.4 Å². The van der Waals surface area contributed by atoms with Crippen molar-refractivity contribution in [3.63, 3.8) is 0 Å². The van der Waals surface area contributed by atoms with Gasteiger partial charge in [-0.25, -0.2) is 0 Å². The summed E-state index contributed by atoms with van der Waals surface area (Å²) in [4.78, 5) is 11.1. The molecule has 1 atom stereocenters. The molecule has 0 bridgehead atoms. The van der Waals surface area contributed by atoms with Gasteiger partial charge in [0.25, 0.3) is 0 Å². The van der Waals surface area contributed by atoms with Crippen LogP contribution in [-0.2, 0) is 9.53 Å². The molecule has 1 amide bonds. The lowest BCUT2D eigenvalue weighted by Crippen LogP contribution is -2.41. The lowest BCUT2D eigenvalue weighted by atomic mass is 10.1. The minimum absolute atomic E-state index is 0.0529. The van der Waals surface area contributed by atoms with Crippen LogP contribution in [0.5, 0.6) is 0 Å². The standard InChI is InChI=1S/C11H20N2O2/c1-9(2)11(14)13-5-3-4-10-8-15-7-6-12-10/h10,12H,1,3-8H2,2H3,(H,13,14). The Kier molecular flexibility index (Phi) is 5.36. The maximum absolute atomic E-state index is 11.1. The maximum atomic E-state index is 11.1. The third kappa shape index (κ3) is 4.95. The van der Waals surface area contributed by atoms with Crippen LogP contribution in [0.4, 0.5) is 0 Å². The SMILES string of the molecule is C=C(C)C(=O)NCCCC1COCCN1. The molecule has 1 unspecified atom stereocenters. The molecule has 0 aromatic carbocycles. The number of carbonyl (C=O) groups excluding carboxylic acids is 1. The highest BCUT2D eigenvalue weighted by molar-refractivity contribution is 5.91. The lowest BCUT2D eigenvalue weighted by molar-refractivity contribution is -0.117. The van der Waals surface area contributed by atoms with Crippen LogP contribution in [0.2, 0.25) is 0 Å². The Morgan fingerprint density at radius 2 is 2.47 bits per heavy atom. The number of morpholine rings is 1. The van der Waals surface area contributed by atoms with Gasteiger partial charge in [-0.1, -0.05) is 6.58 Å². The van der Waals surface area contributed by atoms with Crippen molar-refractivity contribution in [1.82, 2.24) is 10.6 Å². The Bertz CT molecular complexity index is 223. The first-order valence-electron chi connectivity index (χ1n) is 5.45. The van der Waals surface area contributed by atoms with Crippen molar-refractivity contribution in [2.75, 3.05) is 26.3 Å². The summed E-state index contributed by atoms with van der Waals surface area (Å²) in [6.07, 6.45) is 2.01. The van der Waals surface area contributed by atoms with Gasteiger partial charge >= 0.3 is 0 Å². The zero-order valence-electron chi connectivity index (χ0n) is 9.34. The summed E-state index contributed by atoms with van der Waals surface area (Å²) in [5.74, 6) is -0.0529. The van der Waals surface area contributed by atoms with Gasteiger partial charge in [0, 0.05) is 24.7 Å². The van der Waals surface area contributed by atoms with Crippen LogP contribution in [0.15, 0.2) is 12.2 Å². The first-order valence-corrected chi connectivity index (χ1v) is 5.45.